The van der Waals surface area contributed by atoms with E-state index < -0.39 is 0 Å². The Bertz CT molecular complexity index is 1250. The van der Waals surface area contributed by atoms with Gasteiger partial charge in [-0.05, 0) is 85.8 Å². The molecule has 2 aromatic heterocycles. The highest BCUT2D eigenvalue weighted by atomic mass is 35.5. The minimum absolute atomic E-state index is 0.121. The van der Waals surface area contributed by atoms with Gasteiger partial charge >= 0.3 is 0 Å². The molecule has 36 heavy (non-hydrogen) atoms. The molecule has 0 bridgehead atoms. The van der Waals surface area contributed by atoms with Gasteiger partial charge in [-0.3, -0.25) is 4.79 Å². The lowest BCUT2D eigenvalue weighted by Gasteiger charge is -2.33. The largest absolute Gasteiger partial charge is 0.440 e. The van der Waals surface area contributed by atoms with Crippen molar-refractivity contribution in [2.24, 2.45) is 16.3 Å². The topological polar surface area (TPSA) is 57.8 Å². The number of benzene rings is 1. The van der Waals surface area contributed by atoms with E-state index in [0.717, 1.165) is 54.5 Å². The number of thiophene rings is 1. The zero-order valence-corrected chi connectivity index (χ0v) is 22.8. The second-order valence-corrected chi connectivity index (χ2v) is 12.5. The number of fused-ring (bicyclic) bond motifs is 1. The summed E-state index contributed by atoms with van der Waals surface area (Å²) in [7, 11) is 0. The van der Waals surface area contributed by atoms with Gasteiger partial charge in [0.15, 0.2) is 5.88 Å². The van der Waals surface area contributed by atoms with Crippen molar-refractivity contribution in [2.45, 2.75) is 59.3 Å². The Morgan fingerprint density at radius 3 is 2.61 bits per heavy atom. The molecule has 5 nitrogen and oxygen atoms in total. The van der Waals surface area contributed by atoms with Gasteiger partial charge < -0.3 is 14.6 Å². The lowest BCUT2D eigenvalue weighted by Crippen LogP contribution is -2.28. The Morgan fingerprint density at radius 1 is 1.14 bits per heavy atom. The maximum atomic E-state index is 13.5. The van der Waals surface area contributed by atoms with Crippen molar-refractivity contribution in [3.63, 3.8) is 0 Å². The van der Waals surface area contributed by atoms with Crippen LogP contribution in [0.4, 0.5) is 16.6 Å². The van der Waals surface area contributed by atoms with Crippen LogP contribution >= 0.6 is 22.9 Å². The van der Waals surface area contributed by atoms with E-state index in [1.165, 1.54) is 24.1 Å². The highest BCUT2D eigenvalue weighted by Crippen LogP contribution is 2.45. The fourth-order valence-corrected chi connectivity index (χ4v) is 6.58. The standard InChI is InChI=1S/C29H34ClN3O2S/c1-29(2,3)19-7-13-23-24(17-19)36-28(26(23)27(34)32-21-10-8-20(30)9-11-21)31-18-22-12-14-25(35-22)33-15-5-4-6-16-33/h8-12,14,18-19H,4-7,13,15-17H2,1-3H3,(H,32,34)/t19-/m1/s1. The first-order valence-corrected chi connectivity index (χ1v) is 14.1. The number of halogens is 1. The van der Waals surface area contributed by atoms with Crippen molar-refractivity contribution in [3.05, 3.63) is 63.2 Å². The SMILES string of the molecule is CC(C)(C)[C@@H]1CCc2c(sc(N=Cc3ccc(N4CCCCC4)o3)c2C(=O)Nc2ccc(Cl)cc2)C1. The van der Waals surface area contributed by atoms with Gasteiger partial charge in [-0.25, -0.2) is 4.99 Å². The predicted octanol–water partition coefficient (Wildman–Crippen LogP) is 8.14. The van der Waals surface area contributed by atoms with Crippen molar-refractivity contribution >= 4 is 51.6 Å². The average molecular weight is 524 g/mol. The predicted molar refractivity (Wildman–Crippen MR) is 151 cm³/mol. The molecule has 190 valence electrons. The lowest BCUT2D eigenvalue weighted by atomic mass is 9.72. The minimum atomic E-state index is -0.121. The number of carbonyl (C=O) groups is 1. The monoisotopic (exact) mass is 523 g/mol. The second-order valence-electron chi connectivity index (χ2n) is 10.9. The number of amides is 1. The van der Waals surface area contributed by atoms with Crippen LogP contribution in [0.25, 0.3) is 0 Å². The maximum Gasteiger partial charge on any atom is 0.259 e. The molecule has 0 unspecified atom stereocenters. The van der Waals surface area contributed by atoms with Gasteiger partial charge in [-0.1, -0.05) is 32.4 Å². The van der Waals surface area contributed by atoms with E-state index in [1.54, 1.807) is 29.7 Å². The molecular weight excluding hydrogens is 490 g/mol. The third kappa shape index (κ3) is 5.55. The fourth-order valence-electron chi connectivity index (χ4n) is 5.18. The van der Waals surface area contributed by atoms with Crippen LogP contribution in [0.3, 0.4) is 0 Å². The number of hydrogen-bond acceptors (Lipinski definition) is 5. The zero-order chi connectivity index (χ0) is 25.3. The van der Waals surface area contributed by atoms with E-state index in [4.69, 9.17) is 21.0 Å². The molecule has 3 heterocycles. The van der Waals surface area contributed by atoms with Gasteiger partial charge in [-0.2, -0.15) is 0 Å². The Kier molecular flexibility index (Phi) is 7.27. The number of nitrogens with one attached hydrogen (secondary N) is 1. The van der Waals surface area contributed by atoms with Crippen LogP contribution in [0.5, 0.6) is 0 Å². The van der Waals surface area contributed by atoms with Crippen LogP contribution in [0, 0.1) is 11.3 Å². The van der Waals surface area contributed by atoms with Crippen LogP contribution in [0.2, 0.25) is 5.02 Å². The van der Waals surface area contributed by atoms with Crippen molar-refractivity contribution in [2.75, 3.05) is 23.3 Å². The number of piperidine rings is 1. The molecule has 0 radical (unpaired) electrons. The van der Waals surface area contributed by atoms with Crippen molar-refractivity contribution < 1.29 is 9.21 Å². The highest BCUT2D eigenvalue weighted by Gasteiger charge is 2.33. The van der Waals surface area contributed by atoms with E-state index in [2.05, 4.69) is 31.0 Å². The second kappa shape index (κ2) is 10.4. The number of anilines is 2. The molecule has 1 saturated heterocycles. The van der Waals surface area contributed by atoms with Gasteiger partial charge in [0, 0.05) is 34.7 Å². The van der Waals surface area contributed by atoms with Crippen molar-refractivity contribution in [1.29, 1.82) is 0 Å². The molecule has 7 heteroatoms. The van der Waals surface area contributed by atoms with Crippen LogP contribution in [-0.2, 0) is 12.8 Å². The van der Waals surface area contributed by atoms with Crippen LogP contribution in [-0.4, -0.2) is 25.2 Å². The summed E-state index contributed by atoms with van der Waals surface area (Å²) in [5.74, 6) is 2.07. The Hall–Kier alpha value is -2.57. The van der Waals surface area contributed by atoms with Crippen molar-refractivity contribution in [3.8, 4) is 0 Å². The van der Waals surface area contributed by atoms with Crippen LogP contribution < -0.4 is 10.2 Å². The molecule has 2 aliphatic rings. The van der Waals surface area contributed by atoms with Gasteiger partial charge in [0.25, 0.3) is 5.91 Å². The molecule has 1 aliphatic carbocycles. The molecule has 5 rings (SSSR count). The Morgan fingerprint density at radius 2 is 1.89 bits per heavy atom. The summed E-state index contributed by atoms with van der Waals surface area (Å²) in [4.78, 5) is 21.9. The van der Waals surface area contributed by atoms with Crippen molar-refractivity contribution in [1.82, 2.24) is 0 Å². The number of nitrogens with zero attached hydrogens (tertiary/aromatic N) is 2. The number of furan rings is 1. The molecule has 0 spiro atoms. The summed E-state index contributed by atoms with van der Waals surface area (Å²) < 4.78 is 6.08. The lowest BCUT2D eigenvalue weighted by molar-refractivity contribution is 0.102. The smallest absolute Gasteiger partial charge is 0.259 e. The normalized spacial score (nSPS) is 18.4. The Labute approximate surface area is 222 Å². The molecular formula is C29H34ClN3O2S. The van der Waals surface area contributed by atoms with Gasteiger partial charge in [0.1, 0.15) is 10.8 Å². The first-order chi connectivity index (χ1) is 17.3. The Balaban J connectivity index is 1.43. The third-order valence-electron chi connectivity index (χ3n) is 7.39. The fraction of sp³-hybridized carbons (Fsp3) is 0.448. The molecule has 0 saturated carbocycles. The number of rotatable bonds is 5. The number of hydrogen-bond donors (Lipinski definition) is 1. The van der Waals surface area contributed by atoms with E-state index in [0.29, 0.717) is 22.3 Å². The summed E-state index contributed by atoms with van der Waals surface area (Å²) in [6.07, 6.45) is 8.40. The summed E-state index contributed by atoms with van der Waals surface area (Å²) in [6, 6.07) is 11.2. The molecule has 1 atom stereocenters. The highest BCUT2D eigenvalue weighted by molar-refractivity contribution is 7.16. The van der Waals surface area contributed by atoms with E-state index in [-0.39, 0.29) is 11.3 Å². The first kappa shape index (κ1) is 25.1. The van der Waals surface area contributed by atoms with Crippen LogP contribution in [0.1, 0.15) is 73.0 Å². The number of aliphatic imine (C=N–C) groups is 1. The molecule has 1 amide bonds. The van der Waals surface area contributed by atoms with E-state index in [9.17, 15) is 4.79 Å². The average Bonchev–Trinajstić information content (AvgIpc) is 3.48. The first-order valence-electron chi connectivity index (χ1n) is 12.9. The van der Waals surface area contributed by atoms with Gasteiger partial charge in [-0.15, -0.1) is 11.3 Å². The van der Waals surface area contributed by atoms with Gasteiger partial charge in [0.05, 0.1) is 11.8 Å². The van der Waals surface area contributed by atoms with E-state index >= 15 is 0 Å². The van der Waals surface area contributed by atoms with Gasteiger partial charge in [0.2, 0.25) is 0 Å². The molecule has 1 fully saturated rings. The van der Waals surface area contributed by atoms with E-state index in [1.807, 2.05) is 24.3 Å². The van der Waals surface area contributed by atoms with Crippen LogP contribution in [0.15, 0.2) is 45.8 Å². The zero-order valence-electron chi connectivity index (χ0n) is 21.3. The molecule has 1 aliphatic heterocycles. The summed E-state index contributed by atoms with van der Waals surface area (Å²) >= 11 is 7.67. The number of carbonyl (C=O) groups excluding carboxylic acids is 1. The minimum Gasteiger partial charge on any atom is -0.440 e. The summed E-state index contributed by atoms with van der Waals surface area (Å²) in [5, 5.41) is 4.44. The molecule has 3 aromatic rings. The maximum absolute atomic E-state index is 13.5. The quantitative estimate of drug-likeness (QED) is 0.343. The molecule has 1 N–H and O–H groups in total. The summed E-state index contributed by atoms with van der Waals surface area (Å²) in [6.45, 7) is 8.98. The third-order valence-corrected chi connectivity index (χ3v) is 8.80. The molecule has 1 aromatic carbocycles. The summed E-state index contributed by atoms with van der Waals surface area (Å²) in [5.41, 5.74) is 2.79.